The monoisotopic (exact) mass is 361 g/mol. The molecule has 0 aliphatic carbocycles. The number of carbonyl (C=O) groups excluding carboxylic acids is 1. The van der Waals surface area contributed by atoms with Crippen molar-refractivity contribution in [3.63, 3.8) is 0 Å². The Morgan fingerprint density at radius 3 is 2.46 bits per heavy atom. The number of halogens is 2. The van der Waals surface area contributed by atoms with Gasteiger partial charge in [-0.15, -0.1) is 0 Å². The van der Waals surface area contributed by atoms with Gasteiger partial charge in [0.2, 0.25) is 0 Å². The molecule has 1 aromatic rings. The maximum Gasteiger partial charge on any atom is 0.323 e. The molecule has 2 heterocycles. The summed E-state index contributed by atoms with van der Waals surface area (Å²) in [6.45, 7) is 0.268. The third-order valence-corrected chi connectivity index (χ3v) is 4.53. The van der Waals surface area contributed by atoms with Gasteiger partial charge in [0.15, 0.2) is 0 Å². The van der Waals surface area contributed by atoms with Gasteiger partial charge in [0, 0.05) is 26.2 Å². The summed E-state index contributed by atoms with van der Waals surface area (Å²) in [6, 6.07) is 0.559. The zero-order valence-electron chi connectivity index (χ0n) is 12.8. The van der Waals surface area contributed by atoms with E-state index in [9.17, 15) is 23.5 Å². The number of aryl methyl sites for hydroxylation is 1. The van der Waals surface area contributed by atoms with Crippen molar-refractivity contribution in [1.29, 1.82) is 0 Å². The van der Waals surface area contributed by atoms with Gasteiger partial charge < -0.3 is 15.7 Å². The van der Waals surface area contributed by atoms with Gasteiger partial charge in [0.25, 0.3) is 6.43 Å². The normalized spacial score (nSPS) is 16.9. The van der Waals surface area contributed by atoms with Crippen LogP contribution in [0.3, 0.4) is 0 Å². The van der Waals surface area contributed by atoms with E-state index in [2.05, 4.69) is 10.4 Å². The molecule has 1 fully saturated rings. The van der Waals surface area contributed by atoms with Gasteiger partial charge in [-0.05, 0) is 12.8 Å². The summed E-state index contributed by atoms with van der Waals surface area (Å²) in [6.07, 6.45) is -2.55. The summed E-state index contributed by atoms with van der Waals surface area (Å²) in [5, 5.41) is 15.4. The zero-order chi connectivity index (χ0) is 18.1. The van der Waals surface area contributed by atoms with Crippen LogP contribution in [0.5, 0.6) is 0 Å². The quantitative estimate of drug-likeness (QED) is 0.698. The van der Waals surface area contributed by atoms with E-state index in [1.54, 1.807) is 0 Å². The number of carbonyl (C=O) groups is 2. The predicted octanol–water partition coefficient (Wildman–Crippen LogP) is 1.34. The molecule has 11 heteroatoms. The molecule has 24 heavy (non-hydrogen) atoms. The lowest BCUT2D eigenvalue weighted by atomic mass is 9.78. The topological polar surface area (TPSA) is 113 Å². The molecule has 2 amide bonds. The number of nitrogens with one attached hydrogen (secondary N) is 1. The van der Waals surface area contributed by atoms with Crippen LogP contribution < -0.4 is 11.1 Å². The molecule has 0 spiro atoms. The number of piperidine rings is 1. The smallest absolute Gasteiger partial charge is 0.323 e. The van der Waals surface area contributed by atoms with E-state index >= 15 is 0 Å². The lowest BCUT2D eigenvalue weighted by Gasteiger charge is -2.37. The Bertz CT molecular complexity index is 655. The summed E-state index contributed by atoms with van der Waals surface area (Å²) in [4.78, 5) is 24.9. The second-order valence-electron chi connectivity index (χ2n) is 5.55. The molecule has 0 saturated carbocycles. The largest absolute Gasteiger partial charge is 0.481 e. The molecule has 0 unspecified atom stereocenters. The van der Waals surface area contributed by atoms with Gasteiger partial charge in [0.1, 0.15) is 16.9 Å². The fourth-order valence-electron chi connectivity index (χ4n) is 2.56. The minimum Gasteiger partial charge on any atom is -0.481 e. The Hall–Kier alpha value is -2.30. The molecule has 132 valence electrons. The van der Waals surface area contributed by atoms with Gasteiger partial charge in [-0.2, -0.15) is 5.10 Å². The highest BCUT2D eigenvalue weighted by Gasteiger charge is 2.45. The van der Waals surface area contributed by atoms with Crippen LogP contribution in [0, 0.1) is 5.41 Å². The molecule has 1 aromatic heterocycles. The van der Waals surface area contributed by atoms with Crippen LogP contribution in [0.25, 0.3) is 0 Å². The van der Waals surface area contributed by atoms with E-state index in [1.165, 1.54) is 11.9 Å². The van der Waals surface area contributed by atoms with Crippen molar-refractivity contribution >= 4 is 35.0 Å². The minimum atomic E-state index is -2.74. The molecular formula is C13H17F2N5O3S. The van der Waals surface area contributed by atoms with Gasteiger partial charge in [0.05, 0.1) is 4.99 Å². The van der Waals surface area contributed by atoms with Gasteiger partial charge >= 0.3 is 12.0 Å². The first-order valence-corrected chi connectivity index (χ1v) is 7.49. The average molecular weight is 361 g/mol. The van der Waals surface area contributed by atoms with Gasteiger partial charge in [-0.25, -0.2) is 13.6 Å². The lowest BCUT2D eigenvalue weighted by molar-refractivity contribution is -0.146. The van der Waals surface area contributed by atoms with E-state index in [0.717, 1.165) is 10.7 Å². The molecule has 4 N–H and O–H groups in total. The molecule has 1 aliphatic rings. The maximum atomic E-state index is 12.6. The zero-order valence-corrected chi connectivity index (χ0v) is 13.6. The van der Waals surface area contributed by atoms with Gasteiger partial charge in [-0.1, -0.05) is 12.2 Å². The number of aliphatic carboxylic acids is 1. The third kappa shape index (κ3) is 3.30. The SMILES string of the molecule is Cn1nc(C(F)F)cc1NC(=O)N1CCC(C(=O)O)(C(N)=S)CC1. The molecule has 0 atom stereocenters. The highest BCUT2D eigenvalue weighted by molar-refractivity contribution is 7.80. The van der Waals surface area contributed by atoms with Crippen LogP contribution in [-0.4, -0.2) is 49.9 Å². The Morgan fingerprint density at radius 1 is 1.46 bits per heavy atom. The molecule has 0 radical (unpaired) electrons. The fraction of sp³-hybridized carbons (Fsp3) is 0.538. The number of amides is 2. The average Bonchev–Trinajstić information content (AvgIpc) is 2.88. The molecule has 0 aromatic carbocycles. The van der Waals surface area contributed by atoms with Crippen LogP contribution >= 0.6 is 12.2 Å². The predicted molar refractivity (Wildman–Crippen MR) is 84.8 cm³/mol. The van der Waals surface area contributed by atoms with Crippen LogP contribution in [0.4, 0.5) is 19.4 Å². The number of carboxylic acids is 1. The van der Waals surface area contributed by atoms with E-state index in [4.69, 9.17) is 18.0 Å². The van der Waals surface area contributed by atoms with E-state index in [1.807, 2.05) is 0 Å². The number of urea groups is 1. The molecule has 1 saturated heterocycles. The van der Waals surface area contributed by atoms with Crippen LogP contribution in [-0.2, 0) is 11.8 Å². The Morgan fingerprint density at radius 2 is 2.04 bits per heavy atom. The number of likely N-dealkylation sites (tertiary alicyclic amines) is 1. The fourth-order valence-corrected chi connectivity index (χ4v) is 2.85. The number of carboxylic acid groups (broad SMARTS) is 1. The number of rotatable bonds is 4. The standard InChI is InChI=1S/C13H17F2N5O3S/c1-19-8(6-7(18-19)9(14)15)17-12(23)20-4-2-13(3-5-20,10(16)24)11(21)22/h6,9H,2-5H2,1H3,(H2,16,24)(H,17,23)(H,21,22). The lowest BCUT2D eigenvalue weighted by Crippen LogP contribution is -2.52. The van der Waals surface area contributed by atoms with E-state index in [-0.39, 0.29) is 36.7 Å². The summed E-state index contributed by atoms with van der Waals surface area (Å²) in [5.41, 5.74) is 3.79. The minimum absolute atomic E-state index is 0.0960. The molecule has 2 rings (SSSR count). The number of alkyl halides is 2. The van der Waals surface area contributed by atoms with Crippen molar-refractivity contribution in [1.82, 2.24) is 14.7 Å². The van der Waals surface area contributed by atoms with Crippen molar-refractivity contribution in [3.8, 4) is 0 Å². The highest BCUT2D eigenvalue weighted by atomic mass is 32.1. The first-order valence-electron chi connectivity index (χ1n) is 7.08. The van der Waals surface area contributed by atoms with E-state index < -0.39 is 29.5 Å². The van der Waals surface area contributed by atoms with Crippen molar-refractivity contribution < 1.29 is 23.5 Å². The van der Waals surface area contributed by atoms with E-state index in [0.29, 0.717) is 0 Å². The number of aromatic nitrogens is 2. The number of nitrogens with two attached hydrogens (primary N) is 1. The number of hydrogen-bond donors (Lipinski definition) is 3. The molecule has 1 aliphatic heterocycles. The van der Waals surface area contributed by atoms with Crippen molar-refractivity contribution in [3.05, 3.63) is 11.8 Å². The summed E-state index contributed by atoms with van der Waals surface area (Å²) < 4.78 is 26.4. The maximum absolute atomic E-state index is 12.6. The first kappa shape index (κ1) is 18.0. The number of hydrogen-bond acceptors (Lipinski definition) is 4. The number of anilines is 1. The van der Waals surface area contributed by atoms with Crippen molar-refractivity contribution in [2.75, 3.05) is 18.4 Å². The van der Waals surface area contributed by atoms with Crippen molar-refractivity contribution in [2.24, 2.45) is 18.2 Å². The second kappa shape index (κ2) is 6.67. The number of thiocarbonyl (C=S) groups is 1. The molecule has 8 nitrogen and oxygen atoms in total. The third-order valence-electron chi connectivity index (χ3n) is 4.14. The van der Waals surface area contributed by atoms with Crippen LogP contribution in [0.1, 0.15) is 25.0 Å². The second-order valence-corrected chi connectivity index (χ2v) is 5.99. The highest BCUT2D eigenvalue weighted by Crippen LogP contribution is 2.32. The van der Waals surface area contributed by atoms with Crippen LogP contribution in [0.2, 0.25) is 0 Å². The summed E-state index contributed by atoms with van der Waals surface area (Å²) >= 11 is 4.85. The van der Waals surface area contributed by atoms with Crippen LogP contribution in [0.15, 0.2) is 6.07 Å². The molecular weight excluding hydrogens is 344 g/mol. The summed E-state index contributed by atoms with van der Waals surface area (Å²) in [7, 11) is 1.43. The Kier molecular flexibility index (Phi) is 5.02. The summed E-state index contributed by atoms with van der Waals surface area (Å²) in [5.74, 6) is -0.983. The molecule has 0 bridgehead atoms. The van der Waals surface area contributed by atoms with Crippen molar-refractivity contribution in [2.45, 2.75) is 19.3 Å². The Labute approximate surface area is 141 Å². The first-order chi connectivity index (χ1) is 11.2. The Balaban J connectivity index is 2.03. The number of nitrogens with zero attached hydrogens (tertiary/aromatic N) is 3. The van der Waals surface area contributed by atoms with Gasteiger partial charge in [-0.3, -0.25) is 14.8 Å².